The molecular formula is C18H19N3O4. The lowest BCUT2D eigenvalue weighted by Crippen LogP contribution is -2.39. The molecule has 7 nitrogen and oxygen atoms in total. The molecule has 4 rings (SSSR count). The summed E-state index contributed by atoms with van der Waals surface area (Å²) in [7, 11) is 0. The molecule has 2 aliphatic rings. The number of amides is 1. The Morgan fingerprint density at radius 1 is 1.28 bits per heavy atom. The summed E-state index contributed by atoms with van der Waals surface area (Å²) in [6.45, 7) is 3.22. The standard InChI is InChI=1S/C18H19N3O4/c1-11-7-16(22)20-17(19-11)13-3-2-6-21(9-13)18(23)12-4-5-14-15(8-12)25-10-24-14/h4-5,7-8,13H,2-3,6,9-10H2,1H3,(H,19,20,22)/t13-/m1/s1. The van der Waals surface area contributed by atoms with Gasteiger partial charge in [-0.2, -0.15) is 0 Å². The molecule has 1 N–H and O–H groups in total. The number of aromatic amines is 1. The first kappa shape index (κ1) is 15.7. The van der Waals surface area contributed by atoms with E-state index in [-0.39, 0.29) is 24.2 Å². The predicted octanol–water partition coefficient (Wildman–Crippen LogP) is 1.83. The zero-order valence-corrected chi connectivity index (χ0v) is 13.9. The van der Waals surface area contributed by atoms with Crippen molar-refractivity contribution in [3.05, 3.63) is 51.7 Å². The van der Waals surface area contributed by atoms with E-state index in [4.69, 9.17) is 9.47 Å². The normalized spacial score (nSPS) is 19.1. The van der Waals surface area contributed by atoms with Crippen molar-refractivity contribution < 1.29 is 14.3 Å². The van der Waals surface area contributed by atoms with Crippen molar-refractivity contribution in [2.75, 3.05) is 19.9 Å². The van der Waals surface area contributed by atoms with Crippen LogP contribution in [0.25, 0.3) is 0 Å². The van der Waals surface area contributed by atoms with Crippen LogP contribution in [-0.2, 0) is 0 Å². The van der Waals surface area contributed by atoms with Crippen molar-refractivity contribution in [3.63, 3.8) is 0 Å². The number of aryl methyl sites for hydroxylation is 1. The van der Waals surface area contributed by atoms with Crippen LogP contribution >= 0.6 is 0 Å². The number of carbonyl (C=O) groups excluding carboxylic acids is 1. The molecule has 1 saturated heterocycles. The first-order valence-electron chi connectivity index (χ1n) is 8.37. The van der Waals surface area contributed by atoms with Gasteiger partial charge >= 0.3 is 0 Å². The quantitative estimate of drug-likeness (QED) is 0.901. The van der Waals surface area contributed by atoms with Gasteiger partial charge in [-0.3, -0.25) is 9.59 Å². The minimum atomic E-state index is -0.151. The highest BCUT2D eigenvalue weighted by molar-refractivity contribution is 5.95. The summed E-state index contributed by atoms with van der Waals surface area (Å²) in [4.78, 5) is 33.6. The Morgan fingerprint density at radius 2 is 2.12 bits per heavy atom. The molecule has 25 heavy (non-hydrogen) atoms. The maximum atomic E-state index is 12.8. The van der Waals surface area contributed by atoms with E-state index in [2.05, 4.69) is 9.97 Å². The van der Waals surface area contributed by atoms with Crippen molar-refractivity contribution >= 4 is 5.91 Å². The van der Waals surface area contributed by atoms with Gasteiger partial charge in [0.2, 0.25) is 6.79 Å². The molecule has 0 aliphatic carbocycles. The molecule has 2 aliphatic heterocycles. The van der Waals surface area contributed by atoms with Gasteiger partial charge in [-0.25, -0.2) is 4.98 Å². The molecule has 1 aromatic heterocycles. The van der Waals surface area contributed by atoms with Crippen LogP contribution < -0.4 is 15.0 Å². The average Bonchev–Trinajstić information content (AvgIpc) is 3.08. The Bertz CT molecular complexity index is 877. The number of nitrogens with one attached hydrogen (secondary N) is 1. The summed E-state index contributed by atoms with van der Waals surface area (Å²) in [6.07, 6.45) is 1.77. The zero-order valence-electron chi connectivity index (χ0n) is 13.9. The summed E-state index contributed by atoms with van der Waals surface area (Å²) in [5.41, 5.74) is 1.12. The third-order valence-corrected chi connectivity index (χ3v) is 4.60. The van der Waals surface area contributed by atoms with Crippen molar-refractivity contribution in [2.24, 2.45) is 0 Å². The number of benzene rings is 1. The van der Waals surface area contributed by atoms with Crippen molar-refractivity contribution in [3.8, 4) is 11.5 Å². The number of hydrogen-bond donors (Lipinski definition) is 1. The highest BCUT2D eigenvalue weighted by Gasteiger charge is 2.28. The average molecular weight is 341 g/mol. The summed E-state index contributed by atoms with van der Waals surface area (Å²) in [6, 6.07) is 6.71. The van der Waals surface area contributed by atoms with Gasteiger partial charge in [-0.05, 0) is 38.0 Å². The molecule has 1 amide bonds. The highest BCUT2D eigenvalue weighted by atomic mass is 16.7. The van der Waals surface area contributed by atoms with E-state index in [0.29, 0.717) is 41.7 Å². The minimum Gasteiger partial charge on any atom is -0.454 e. The van der Waals surface area contributed by atoms with Crippen LogP contribution in [0.5, 0.6) is 11.5 Å². The molecule has 1 atom stereocenters. The van der Waals surface area contributed by atoms with Crippen LogP contribution in [0.4, 0.5) is 0 Å². The van der Waals surface area contributed by atoms with Gasteiger partial charge in [0.05, 0.1) is 0 Å². The summed E-state index contributed by atoms with van der Waals surface area (Å²) >= 11 is 0. The van der Waals surface area contributed by atoms with E-state index < -0.39 is 0 Å². The molecule has 0 radical (unpaired) electrons. The summed E-state index contributed by atoms with van der Waals surface area (Å²) < 4.78 is 10.6. The minimum absolute atomic E-state index is 0.0410. The maximum absolute atomic E-state index is 12.8. The molecule has 7 heteroatoms. The Hall–Kier alpha value is -2.83. The lowest BCUT2D eigenvalue weighted by Gasteiger charge is -2.32. The first-order valence-corrected chi connectivity index (χ1v) is 8.37. The fourth-order valence-corrected chi connectivity index (χ4v) is 3.39. The van der Waals surface area contributed by atoms with E-state index in [9.17, 15) is 9.59 Å². The maximum Gasteiger partial charge on any atom is 0.254 e. The third-order valence-electron chi connectivity index (χ3n) is 4.60. The van der Waals surface area contributed by atoms with Crippen LogP contribution in [-0.4, -0.2) is 40.7 Å². The number of piperidine rings is 1. The smallest absolute Gasteiger partial charge is 0.254 e. The molecule has 3 heterocycles. The van der Waals surface area contributed by atoms with Gasteiger partial charge in [0.15, 0.2) is 11.5 Å². The molecule has 1 aromatic carbocycles. The Kier molecular flexibility index (Phi) is 3.91. The number of likely N-dealkylation sites (tertiary alicyclic amines) is 1. The van der Waals surface area contributed by atoms with E-state index in [1.165, 1.54) is 6.07 Å². The molecule has 0 saturated carbocycles. The van der Waals surface area contributed by atoms with Gasteiger partial charge < -0.3 is 19.4 Å². The van der Waals surface area contributed by atoms with Gasteiger partial charge in [0.25, 0.3) is 11.5 Å². The summed E-state index contributed by atoms with van der Waals surface area (Å²) in [5, 5.41) is 0. The first-order chi connectivity index (χ1) is 12.1. The van der Waals surface area contributed by atoms with Gasteiger partial charge in [0.1, 0.15) is 5.82 Å². The fourth-order valence-electron chi connectivity index (χ4n) is 3.39. The van der Waals surface area contributed by atoms with Crippen molar-refractivity contribution in [1.29, 1.82) is 0 Å². The Labute approximate surface area is 144 Å². The van der Waals surface area contributed by atoms with E-state index in [1.807, 2.05) is 4.90 Å². The fraction of sp³-hybridized carbons (Fsp3) is 0.389. The molecule has 1 fully saturated rings. The van der Waals surface area contributed by atoms with Crippen molar-refractivity contribution in [1.82, 2.24) is 14.9 Å². The monoisotopic (exact) mass is 341 g/mol. The summed E-state index contributed by atoms with van der Waals surface area (Å²) in [5.74, 6) is 1.92. The highest BCUT2D eigenvalue weighted by Crippen LogP contribution is 2.33. The number of ether oxygens (including phenoxy) is 2. The van der Waals surface area contributed by atoms with Gasteiger partial charge in [-0.1, -0.05) is 0 Å². The van der Waals surface area contributed by atoms with Crippen LogP contribution in [0.3, 0.4) is 0 Å². The number of aromatic nitrogens is 2. The topological polar surface area (TPSA) is 84.5 Å². The zero-order chi connectivity index (χ0) is 17.4. The Morgan fingerprint density at radius 3 is 2.96 bits per heavy atom. The number of nitrogens with zero attached hydrogens (tertiary/aromatic N) is 2. The van der Waals surface area contributed by atoms with Gasteiger partial charge in [0, 0.05) is 36.3 Å². The third kappa shape index (κ3) is 3.09. The van der Waals surface area contributed by atoms with Gasteiger partial charge in [-0.15, -0.1) is 0 Å². The lowest BCUT2D eigenvalue weighted by atomic mass is 9.96. The molecule has 2 aromatic rings. The molecule has 130 valence electrons. The molecule has 0 unspecified atom stereocenters. The molecule has 0 bridgehead atoms. The second-order valence-electron chi connectivity index (χ2n) is 6.43. The van der Waals surface area contributed by atoms with E-state index in [1.54, 1.807) is 25.1 Å². The Balaban J connectivity index is 1.54. The number of H-pyrrole nitrogens is 1. The largest absolute Gasteiger partial charge is 0.454 e. The van der Waals surface area contributed by atoms with E-state index in [0.717, 1.165) is 12.8 Å². The predicted molar refractivity (Wildman–Crippen MR) is 90.0 cm³/mol. The van der Waals surface area contributed by atoms with Crippen LogP contribution in [0.2, 0.25) is 0 Å². The van der Waals surface area contributed by atoms with Crippen molar-refractivity contribution in [2.45, 2.75) is 25.7 Å². The second kappa shape index (κ2) is 6.23. The SMILES string of the molecule is Cc1cc(=O)[nH]c([C@@H]2CCCN(C(=O)c3ccc4c(c3)OCO4)C2)n1. The number of rotatable bonds is 2. The molecule has 0 spiro atoms. The molecular weight excluding hydrogens is 322 g/mol. The van der Waals surface area contributed by atoms with E-state index >= 15 is 0 Å². The van der Waals surface area contributed by atoms with Crippen LogP contribution in [0, 0.1) is 6.92 Å². The number of carbonyl (C=O) groups is 1. The van der Waals surface area contributed by atoms with Crippen LogP contribution in [0.15, 0.2) is 29.1 Å². The number of fused-ring (bicyclic) bond motifs is 1. The number of hydrogen-bond acceptors (Lipinski definition) is 5. The van der Waals surface area contributed by atoms with Crippen LogP contribution in [0.1, 0.15) is 40.6 Å². The lowest BCUT2D eigenvalue weighted by molar-refractivity contribution is 0.0704. The second-order valence-corrected chi connectivity index (χ2v) is 6.43.